The van der Waals surface area contributed by atoms with Gasteiger partial charge in [-0.2, -0.15) is 0 Å². The molecule has 0 fully saturated rings. The van der Waals surface area contributed by atoms with Crippen molar-refractivity contribution in [2.45, 2.75) is 12.8 Å². The maximum Gasteiger partial charge on any atom is 0.372 e. The molecule has 5 nitrogen and oxygen atoms in total. The standard InChI is InChI=1S/C19H16O5/c1-23-16(20)10-9-12-5-4-6-13(11-12)17-14-7-2-3-8-15(14)24-18(17)19(21)22/h2-8,11H,9-10H2,1H3,(H,21,22). The van der Waals surface area contributed by atoms with Gasteiger partial charge in [0.25, 0.3) is 0 Å². The van der Waals surface area contributed by atoms with E-state index in [4.69, 9.17) is 4.42 Å². The molecule has 0 spiro atoms. The van der Waals surface area contributed by atoms with Crippen LogP contribution in [0.2, 0.25) is 0 Å². The van der Waals surface area contributed by atoms with E-state index in [0.717, 1.165) is 16.5 Å². The predicted molar refractivity (Wildman–Crippen MR) is 88.9 cm³/mol. The Labute approximate surface area is 138 Å². The highest BCUT2D eigenvalue weighted by atomic mass is 16.5. The molecule has 0 atom stereocenters. The van der Waals surface area contributed by atoms with E-state index in [-0.39, 0.29) is 18.2 Å². The third kappa shape index (κ3) is 3.01. The molecule has 0 saturated carbocycles. The first-order valence-electron chi connectivity index (χ1n) is 7.51. The molecule has 3 rings (SSSR count). The number of aryl methyl sites for hydroxylation is 1. The predicted octanol–water partition coefficient (Wildman–Crippen LogP) is 3.90. The van der Waals surface area contributed by atoms with E-state index in [1.807, 2.05) is 36.4 Å². The molecule has 0 amide bonds. The number of carboxylic acid groups (broad SMARTS) is 1. The number of hydrogen-bond acceptors (Lipinski definition) is 4. The lowest BCUT2D eigenvalue weighted by molar-refractivity contribution is -0.140. The van der Waals surface area contributed by atoms with Crippen LogP contribution in [0, 0.1) is 0 Å². The molecule has 0 aliphatic heterocycles. The molecular weight excluding hydrogens is 308 g/mol. The SMILES string of the molecule is COC(=O)CCc1cccc(-c2c(C(=O)O)oc3ccccc23)c1. The summed E-state index contributed by atoms with van der Waals surface area (Å²) in [4.78, 5) is 22.9. The molecule has 0 unspecified atom stereocenters. The number of methoxy groups -OCH3 is 1. The van der Waals surface area contributed by atoms with E-state index in [2.05, 4.69) is 4.74 Å². The first kappa shape index (κ1) is 15.8. The number of rotatable bonds is 5. The molecule has 0 aliphatic rings. The molecule has 0 saturated heterocycles. The zero-order valence-electron chi connectivity index (χ0n) is 13.1. The van der Waals surface area contributed by atoms with Gasteiger partial charge in [-0.25, -0.2) is 4.79 Å². The third-order valence-electron chi connectivity index (χ3n) is 3.85. The number of fused-ring (bicyclic) bond motifs is 1. The van der Waals surface area contributed by atoms with E-state index in [0.29, 0.717) is 17.6 Å². The van der Waals surface area contributed by atoms with E-state index < -0.39 is 5.97 Å². The second-order valence-corrected chi connectivity index (χ2v) is 5.38. The van der Waals surface area contributed by atoms with Gasteiger partial charge in [-0.1, -0.05) is 42.5 Å². The van der Waals surface area contributed by atoms with Crippen molar-refractivity contribution in [2.75, 3.05) is 7.11 Å². The van der Waals surface area contributed by atoms with E-state index >= 15 is 0 Å². The molecule has 1 N–H and O–H groups in total. The van der Waals surface area contributed by atoms with Crippen LogP contribution in [0.15, 0.2) is 52.9 Å². The van der Waals surface area contributed by atoms with Gasteiger partial charge in [0.2, 0.25) is 5.76 Å². The van der Waals surface area contributed by atoms with E-state index in [9.17, 15) is 14.7 Å². The molecule has 3 aromatic rings. The van der Waals surface area contributed by atoms with Gasteiger partial charge in [0.15, 0.2) is 0 Å². The number of carbonyl (C=O) groups excluding carboxylic acids is 1. The Morgan fingerprint density at radius 3 is 2.67 bits per heavy atom. The number of carbonyl (C=O) groups is 2. The number of para-hydroxylation sites is 1. The van der Waals surface area contributed by atoms with Crippen LogP contribution in [0.3, 0.4) is 0 Å². The topological polar surface area (TPSA) is 76.7 Å². The number of ether oxygens (including phenoxy) is 1. The van der Waals surface area contributed by atoms with Crippen molar-refractivity contribution in [3.63, 3.8) is 0 Å². The number of hydrogen-bond donors (Lipinski definition) is 1. The van der Waals surface area contributed by atoms with Gasteiger partial charge in [0.1, 0.15) is 5.58 Å². The second-order valence-electron chi connectivity index (χ2n) is 5.38. The van der Waals surface area contributed by atoms with Crippen LogP contribution in [0.25, 0.3) is 22.1 Å². The second kappa shape index (κ2) is 6.58. The van der Waals surface area contributed by atoms with Crippen LogP contribution < -0.4 is 0 Å². The summed E-state index contributed by atoms with van der Waals surface area (Å²) in [5.74, 6) is -1.47. The number of esters is 1. The van der Waals surface area contributed by atoms with Gasteiger partial charge >= 0.3 is 11.9 Å². The molecule has 24 heavy (non-hydrogen) atoms. The first-order chi connectivity index (χ1) is 11.6. The summed E-state index contributed by atoms with van der Waals surface area (Å²) in [5.41, 5.74) is 2.77. The normalized spacial score (nSPS) is 10.7. The largest absolute Gasteiger partial charge is 0.475 e. The Morgan fingerprint density at radius 1 is 1.12 bits per heavy atom. The van der Waals surface area contributed by atoms with Gasteiger partial charge in [0, 0.05) is 17.4 Å². The highest BCUT2D eigenvalue weighted by Gasteiger charge is 2.21. The first-order valence-corrected chi connectivity index (χ1v) is 7.51. The van der Waals surface area contributed by atoms with E-state index in [1.54, 1.807) is 12.1 Å². The van der Waals surface area contributed by atoms with Crippen molar-refractivity contribution in [2.24, 2.45) is 0 Å². The fourth-order valence-corrected chi connectivity index (χ4v) is 2.71. The quantitative estimate of drug-likeness (QED) is 0.720. The maximum atomic E-state index is 11.5. The number of aromatic carboxylic acids is 1. The molecule has 1 heterocycles. The van der Waals surface area contributed by atoms with Crippen LogP contribution in [0.1, 0.15) is 22.5 Å². The average molecular weight is 324 g/mol. The molecule has 0 aliphatic carbocycles. The van der Waals surface area contributed by atoms with Crippen LogP contribution in [-0.4, -0.2) is 24.2 Å². The molecular formula is C19H16O5. The number of furan rings is 1. The lowest BCUT2D eigenvalue weighted by Crippen LogP contribution is -2.02. The minimum Gasteiger partial charge on any atom is -0.475 e. The average Bonchev–Trinajstić information content (AvgIpc) is 2.99. The van der Waals surface area contributed by atoms with Crippen molar-refractivity contribution in [3.8, 4) is 11.1 Å². The van der Waals surface area contributed by atoms with Crippen molar-refractivity contribution < 1.29 is 23.8 Å². The summed E-state index contributed by atoms with van der Waals surface area (Å²) in [6.45, 7) is 0. The Kier molecular flexibility index (Phi) is 4.33. The third-order valence-corrected chi connectivity index (χ3v) is 3.85. The fourth-order valence-electron chi connectivity index (χ4n) is 2.71. The summed E-state index contributed by atoms with van der Waals surface area (Å²) in [6.07, 6.45) is 0.802. The van der Waals surface area contributed by atoms with Crippen LogP contribution in [0.5, 0.6) is 0 Å². The van der Waals surface area contributed by atoms with Crippen molar-refractivity contribution in [3.05, 3.63) is 59.9 Å². The maximum absolute atomic E-state index is 11.5. The smallest absolute Gasteiger partial charge is 0.372 e. The monoisotopic (exact) mass is 324 g/mol. The molecule has 5 heteroatoms. The zero-order valence-corrected chi connectivity index (χ0v) is 13.1. The highest BCUT2D eigenvalue weighted by molar-refractivity contribution is 6.05. The zero-order chi connectivity index (χ0) is 17.1. The lowest BCUT2D eigenvalue weighted by Gasteiger charge is -2.05. The number of benzene rings is 2. The Hall–Kier alpha value is -3.08. The Bertz CT molecular complexity index is 907. The summed E-state index contributed by atoms with van der Waals surface area (Å²) in [6, 6.07) is 14.7. The summed E-state index contributed by atoms with van der Waals surface area (Å²) >= 11 is 0. The molecule has 0 radical (unpaired) electrons. The highest BCUT2D eigenvalue weighted by Crippen LogP contribution is 2.35. The minimum absolute atomic E-state index is 0.0821. The van der Waals surface area contributed by atoms with E-state index in [1.165, 1.54) is 7.11 Å². The number of carboxylic acids is 1. The summed E-state index contributed by atoms with van der Waals surface area (Å²) < 4.78 is 10.1. The lowest BCUT2D eigenvalue weighted by atomic mass is 9.98. The van der Waals surface area contributed by atoms with Gasteiger partial charge in [-0.3, -0.25) is 4.79 Å². The molecule has 1 aromatic heterocycles. The van der Waals surface area contributed by atoms with Gasteiger partial charge in [-0.15, -0.1) is 0 Å². The Balaban J connectivity index is 2.05. The van der Waals surface area contributed by atoms with Crippen molar-refractivity contribution in [1.82, 2.24) is 0 Å². The van der Waals surface area contributed by atoms with Gasteiger partial charge < -0.3 is 14.3 Å². The molecule has 122 valence electrons. The summed E-state index contributed by atoms with van der Waals surface area (Å²) in [7, 11) is 1.36. The van der Waals surface area contributed by atoms with Gasteiger partial charge in [0.05, 0.1) is 7.11 Å². The molecule has 0 bridgehead atoms. The van der Waals surface area contributed by atoms with Crippen molar-refractivity contribution in [1.29, 1.82) is 0 Å². The van der Waals surface area contributed by atoms with Crippen LogP contribution in [0.4, 0.5) is 0 Å². The van der Waals surface area contributed by atoms with Crippen molar-refractivity contribution >= 4 is 22.9 Å². The van der Waals surface area contributed by atoms with Crippen LogP contribution in [-0.2, 0) is 16.0 Å². The summed E-state index contributed by atoms with van der Waals surface area (Å²) in [5, 5.41) is 10.2. The van der Waals surface area contributed by atoms with Crippen LogP contribution >= 0.6 is 0 Å². The fraction of sp³-hybridized carbons (Fsp3) is 0.158. The minimum atomic E-state index is -1.11. The Morgan fingerprint density at radius 2 is 1.92 bits per heavy atom. The molecule has 2 aromatic carbocycles. The van der Waals surface area contributed by atoms with Gasteiger partial charge in [-0.05, 0) is 23.6 Å².